The highest BCUT2D eigenvalue weighted by Gasteiger charge is 2.13. The van der Waals surface area contributed by atoms with Crippen molar-refractivity contribution in [3.63, 3.8) is 0 Å². The van der Waals surface area contributed by atoms with Crippen molar-refractivity contribution in [2.75, 3.05) is 10.6 Å². The first-order valence-electron chi connectivity index (χ1n) is 7.87. The molecule has 0 atom stereocenters. The number of amides is 1. The van der Waals surface area contributed by atoms with Gasteiger partial charge >= 0.3 is 0 Å². The van der Waals surface area contributed by atoms with Crippen LogP contribution in [0.15, 0.2) is 48.7 Å². The largest absolute Gasteiger partial charge is 0.324 e. The van der Waals surface area contributed by atoms with Crippen LogP contribution in [0.5, 0.6) is 0 Å². The Morgan fingerprint density at radius 2 is 1.85 bits per heavy atom. The van der Waals surface area contributed by atoms with E-state index in [4.69, 9.17) is 23.2 Å². The van der Waals surface area contributed by atoms with Crippen LogP contribution in [0.2, 0.25) is 10.0 Å². The number of nitrogens with zero attached hydrogens (tertiary/aromatic N) is 2. The number of carbonyl (C=O) groups is 1. The quantitative estimate of drug-likeness (QED) is 0.629. The number of rotatable bonds is 4. The predicted molar refractivity (Wildman–Crippen MR) is 106 cm³/mol. The Hall–Kier alpha value is -2.63. The van der Waals surface area contributed by atoms with Crippen molar-refractivity contribution in [2.45, 2.75) is 13.8 Å². The minimum absolute atomic E-state index is 0.212. The van der Waals surface area contributed by atoms with Crippen LogP contribution in [0.25, 0.3) is 0 Å². The van der Waals surface area contributed by atoms with E-state index in [2.05, 4.69) is 20.6 Å². The van der Waals surface area contributed by atoms with Crippen molar-refractivity contribution in [2.24, 2.45) is 0 Å². The minimum Gasteiger partial charge on any atom is -0.324 e. The number of carbonyl (C=O) groups excluding carboxylic acids is 1. The summed E-state index contributed by atoms with van der Waals surface area (Å²) < 4.78 is 0. The summed E-state index contributed by atoms with van der Waals surface area (Å²) in [7, 11) is 0. The molecule has 0 spiro atoms. The van der Waals surface area contributed by atoms with Crippen molar-refractivity contribution < 1.29 is 4.79 Å². The number of aryl methyl sites for hydroxylation is 2. The fourth-order valence-electron chi connectivity index (χ4n) is 2.32. The van der Waals surface area contributed by atoms with Gasteiger partial charge in [-0.05, 0) is 49.2 Å². The van der Waals surface area contributed by atoms with Crippen LogP contribution >= 0.6 is 23.2 Å². The average Bonchev–Trinajstić information content (AvgIpc) is 2.62. The lowest BCUT2D eigenvalue weighted by atomic mass is 10.1. The standard InChI is InChI=1S/C19H16Cl2N4O/c1-11-6-7-12(2)16(10-11)25-19-22-9-8-15(24-19)18(26)23-14-5-3-4-13(20)17(14)21/h3-10H,1-2H3,(H,23,26)(H,22,24,25). The molecule has 2 aromatic carbocycles. The first-order chi connectivity index (χ1) is 12.4. The van der Waals surface area contributed by atoms with Gasteiger partial charge in [-0.3, -0.25) is 4.79 Å². The van der Waals surface area contributed by atoms with Crippen LogP contribution in [0, 0.1) is 13.8 Å². The molecule has 0 saturated heterocycles. The molecular formula is C19H16Cl2N4O. The van der Waals surface area contributed by atoms with Crippen LogP contribution in [0.4, 0.5) is 17.3 Å². The van der Waals surface area contributed by atoms with Gasteiger partial charge in [0.1, 0.15) is 5.69 Å². The number of benzene rings is 2. The zero-order valence-corrected chi connectivity index (χ0v) is 15.7. The molecule has 132 valence electrons. The zero-order valence-electron chi connectivity index (χ0n) is 14.2. The highest BCUT2D eigenvalue weighted by Crippen LogP contribution is 2.29. The van der Waals surface area contributed by atoms with Gasteiger partial charge in [-0.2, -0.15) is 0 Å². The van der Waals surface area contributed by atoms with Gasteiger partial charge in [0, 0.05) is 11.9 Å². The molecule has 1 aromatic heterocycles. The molecule has 5 nitrogen and oxygen atoms in total. The third-order valence-electron chi connectivity index (χ3n) is 3.73. The average molecular weight is 387 g/mol. The Labute approximate surface area is 161 Å². The van der Waals surface area contributed by atoms with Gasteiger partial charge in [0.15, 0.2) is 0 Å². The lowest BCUT2D eigenvalue weighted by Gasteiger charge is -2.11. The Bertz CT molecular complexity index is 976. The Morgan fingerprint density at radius 3 is 2.65 bits per heavy atom. The van der Waals surface area contributed by atoms with Crippen LogP contribution in [-0.4, -0.2) is 15.9 Å². The van der Waals surface area contributed by atoms with Gasteiger partial charge in [-0.1, -0.05) is 41.4 Å². The highest BCUT2D eigenvalue weighted by molar-refractivity contribution is 6.44. The number of anilines is 3. The second kappa shape index (κ2) is 7.72. The molecule has 0 aliphatic carbocycles. The fourth-order valence-corrected chi connectivity index (χ4v) is 2.67. The number of nitrogens with one attached hydrogen (secondary N) is 2. The van der Waals surface area contributed by atoms with Gasteiger partial charge in [0.2, 0.25) is 5.95 Å². The van der Waals surface area contributed by atoms with Crippen LogP contribution in [0.3, 0.4) is 0 Å². The van der Waals surface area contributed by atoms with Gasteiger partial charge < -0.3 is 10.6 Å². The van der Waals surface area contributed by atoms with Gasteiger partial charge in [0.05, 0.1) is 15.7 Å². The van der Waals surface area contributed by atoms with E-state index in [1.54, 1.807) is 18.2 Å². The van der Waals surface area contributed by atoms with Crippen LogP contribution in [0.1, 0.15) is 21.6 Å². The second-order valence-electron chi connectivity index (χ2n) is 5.76. The number of hydrogen-bond acceptors (Lipinski definition) is 4. The molecule has 7 heteroatoms. The maximum Gasteiger partial charge on any atom is 0.274 e. The topological polar surface area (TPSA) is 66.9 Å². The highest BCUT2D eigenvalue weighted by atomic mass is 35.5. The summed E-state index contributed by atoms with van der Waals surface area (Å²) in [6.45, 7) is 3.99. The molecular weight excluding hydrogens is 371 g/mol. The molecule has 0 aliphatic heterocycles. The smallest absolute Gasteiger partial charge is 0.274 e. The van der Waals surface area contributed by atoms with E-state index >= 15 is 0 Å². The maximum atomic E-state index is 12.5. The first-order valence-corrected chi connectivity index (χ1v) is 8.62. The van der Waals surface area contributed by atoms with E-state index < -0.39 is 5.91 Å². The second-order valence-corrected chi connectivity index (χ2v) is 6.55. The van der Waals surface area contributed by atoms with Gasteiger partial charge in [-0.25, -0.2) is 9.97 Å². The fraction of sp³-hybridized carbons (Fsp3) is 0.105. The van der Waals surface area contributed by atoms with Crippen molar-refractivity contribution in [3.8, 4) is 0 Å². The molecule has 0 saturated carbocycles. The van der Waals surface area contributed by atoms with E-state index in [1.165, 1.54) is 12.3 Å². The van der Waals surface area contributed by atoms with E-state index in [-0.39, 0.29) is 10.7 Å². The Kier molecular flexibility index (Phi) is 5.40. The molecule has 1 amide bonds. The van der Waals surface area contributed by atoms with Crippen molar-refractivity contribution in [3.05, 3.63) is 75.5 Å². The molecule has 0 radical (unpaired) electrons. The molecule has 3 rings (SSSR count). The predicted octanol–water partition coefficient (Wildman–Crippen LogP) is 5.40. The number of hydrogen-bond donors (Lipinski definition) is 2. The SMILES string of the molecule is Cc1ccc(C)c(Nc2nccc(C(=O)Nc3cccc(Cl)c3Cl)n2)c1. The zero-order chi connectivity index (χ0) is 18.7. The lowest BCUT2D eigenvalue weighted by Crippen LogP contribution is -2.15. The van der Waals surface area contributed by atoms with Crippen molar-refractivity contribution in [1.29, 1.82) is 0 Å². The molecule has 1 heterocycles. The van der Waals surface area contributed by atoms with Gasteiger partial charge in [-0.15, -0.1) is 0 Å². The molecule has 0 bridgehead atoms. The summed E-state index contributed by atoms with van der Waals surface area (Å²) >= 11 is 12.1. The summed E-state index contributed by atoms with van der Waals surface area (Å²) in [6, 6.07) is 12.6. The monoisotopic (exact) mass is 386 g/mol. The molecule has 0 fully saturated rings. The minimum atomic E-state index is -0.402. The molecule has 2 N–H and O–H groups in total. The van der Waals surface area contributed by atoms with E-state index in [0.29, 0.717) is 16.7 Å². The Balaban J connectivity index is 1.81. The molecule has 0 unspecified atom stereocenters. The van der Waals surface area contributed by atoms with Gasteiger partial charge in [0.25, 0.3) is 5.91 Å². The molecule has 3 aromatic rings. The molecule has 0 aliphatic rings. The lowest BCUT2D eigenvalue weighted by molar-refractivity contribution is 0.102. The van der Waals surface area contributed by atoms with E-state index in [9.17, 15) is 4.79 Å². The van der Waals surface area contributed by atoms with Crippen LogP contribution in [-0.2, 0) is 0 Å². The maximum absolute atomic E-state index is 12.5. The first kappa shape index (κ1) is 18.2. The van der Waals surface area contributed by atoms with Crippen LogP contribution < -0.4 is 10.6 Å². The third-order valence-corrected chi connectivity index (χ3v) is 4.55. The van der Waals surface area contributed by atoms with Crippen molar-refractivity contribution in [1.82, 2.24) is 9.97 Å². The molecule has 26 heavy (non-hydrogen) atoms. The third kappa shape index (κ3) is 4.12. The summed E-state index contributed by atoms with van der Waals surface area (Å²) in [5.41, 5.74) is 3.69. The van der Waals surface area contributed by atoms with Crippen molar-refractivity contribution >= 4 is 46.4 Å². The number of halogens is 2. The van der Waals surface area contributed by atoms with E-state index in [1.807, 2.05) is 32.0 Å². The summed E-state index contributed by atoms with van der Waals surface area (Å²) in [6.07, 6.45) is 1.52. The normalized spacial score (nSPS) is 10.5. The van der Waals surface area contributed by atoms with E-state index in [0.717, 1.165) is 16.8 Å². The Morgan fingerprint density at radius 1 is 1.04 bits per heavy atom. The summed E-state index contributed by atoms with van der Waals surface area (Å²) in [4.78, 5) is 20.9. The summed E-state index contributed by atoms with van der Waals surface area (Å²) in [5, 5.41) is 6.50. The summed E-state index contributed by atoms with van der Waals surface area (Å²) in [5.74, 6) is -0.0656. The number of aromatic nitrogens is 2.